The molecule has 5 nitrogen and oxygen atoms in total. The summed E-state index contributed by atoms with van der Waals surface area (Å²) in [5, 5.41) is 0. The Morgan fingerprint density at radius 1 is 1.65 bits per heavy atom. The fourth-order valence-electron chi connectivity index (χ4n) is 2.59. The molecule has 2 rings (SSSR count). The van der Waals surface area contributed by atoms with Crippen LogP contribution in [0, 0.1) is 0 Å². The van der Waals surface area contributed by atoms with Crippen LogP contribution in [0.15, 0.2) is 12.5 Å². The molecular formula is C12H22N4O. The lowest BCUT2D eigenvalue weighted by Crippen LogP contribution is -2.44. The van der Waals surface area contributed by atoms with Gasteiger partial charge in [0.2, 0.25) is 0 Å². The van der Waals surface area contributed by atoms with Gasteiger partial charge in [0, 0.05) is 33.4 Å². The van der Waals surface area contributed by atoms with Crippen molar-refractivity contribution in [2.24, 2.45) is 12.8 Å². The monoisotopic (exact) mass is 238 g/mol. The molecule has 0 spiro atoms. The van der Waals surface area contributed by atoms with Gasteiger partial charge in [0.15, 0.2) is 0 Å². The maximum Gasteiger partial charge on any atom is 0.0946 e. The Labute approximate surface area is 103 Å². The van der Waals surface area contributed by atoms with Gasteiger partial charge in [-0.05, 0) is 19.4 Å². The number of methoxy groups -OCH3 is 1. The van der Waals surface area contributed by atoms with E-state index in [4.69, 9.17) is 10.5 Å². The zero-order chi connectivity index (χ0) is 12.3. The standard InChI is InChI=1S/C12H22N4O/c1-15-9-14-7-12(15)11(6-13)16-5-3-4-10(8-16)17-2/h7,9-11H,3-6,8,13H2,1-2H3. The Hall–Kier alpha value is -0.910. The van der Waals surface area contributed by atoms with Crippen LogP contribution < -0.4 is 5.73 Å². The average Bonchev–Trinajstić information content (AvgIpc) is 2.77. The lowest BCUT2D eigenvalue weighted by Gasteiger charge is -2.37. The van der Waals surface area contributed by atoms with Crippen LogP contribution in [0.25, 0.3) is 0 Å². The number of imidazole rings is 1. The van der Waals surface area contributed by atoms with Gasteiger partial charge in [0.05, 0.1) is 24.2 Å². The van der Waals surface area contributed by atoms with Crippen molar-refractivity contribution in [1.29, 1.82) is 0 Å². The molecule has 2 N–H and O–H groups in total. The molecule has 1 aliphatic heterocycles. The number of aromatic nitrogens is 2. The second-order valence-corrected chi connectivity index (χ2v) is 4.68. The summed E-state index contributed by atoms with van der Waals surface area (Å²) in [5.41, 5.74) is 7.11. The van der Waals surface area contributed by atoms with Crippen LogP contribution in [0.3, 0.4) is 0 Å². The predicted octanol–water partition coefficient (Wildman–Crippen LogP) is 0.531. The van der Waals surface area contributed by atoms with Crippen molar-refractivity contribution in [3.8, 4) is 0 Å². The van der Waals surface area contributed by atoms with Gasteiger partial charge in [0.1, 0.15) is 0 Å². The number of rotatable bonds is 4. The van der Waals surface area contributed by atoms with Crippen LogP contribution in [-0.4, -0.2) is 47.3 Å². The molecule has 0 bridgehead atoms. The molecule has 2 unspecified atom stereocenters. The Kier molecular flexibility index (Phi) is 4.15. The van der Waals surface area contributed by atoms with Gasteiger partial charge in [-0.2, -0.15) is 0 Å². The lowest BCUT2D eigenvalue weighted by molar-refractivity contribution is 0.0144. The lowest BCUT2D eigenvalue weighted by atomic mass is 10.0. The smallest absolute Gasteiger partial charge is 0.0946 e. The topological polar surface area (TPSA) is 56.3 Å². The Balaban J connectivity index is 2.10. The van der Waals surface area contributed by atoms with Gasteiger partial charge in [-0.1, -0.05) is 0 Å². The molecule has 1 aliphatic rings. The fourth-order valence-corrected chi connectivity index (χ4v) is 2.59. The highest BCUT2D eigenvalue weighted by Gasteiger charge is 2.27. The fraction of sp³-hybridized carbons (Fsp3) is 0.750. The highest BCUT2D eigenvalue weighted by molar-refractivity contribution is 5.06. The summed E-state index contributed by atoms with van der Waals surface area (Å²) in [6.45, 7) is 2.67. The molecule has 5 heteroatoms. The molecule has 0 amide bonds. The molecule has 0 radical (unpaired) electrons. The second kappa shape index (κ2) is 5.62. The maximum atomic E-state index is 5.93. The zero-order valence-corrected chi connectivity index (χ0v) is 10.7. The quantitative estimate of drug-likeness (QED) is 0.831. The predicted molar refractivity (Wildman–Crippen MR) is 66.6 cm³/mol. The van der Waals surface area contributed by atoms with E-state index in [9.17, 15) is 0 Å². The third-order valence-electron chi connectivity index (χ3n) is 3.60. The van der Waals surface area contributed by atoms with Crippen molar-refractivity contribution >= 4 is 0 Å². The van der Waals surface area contributed by atoms with Crippen LogP contribution >= 0.6 is 0 Å². The largest absolute Gasteiger partial charge is 0.380 e. The van der Waals surface area contributed by atoms with Crippen molar-refractivity contribution in [3.05, 3.63) is 18.2 Å². The molecule has 1 saturated heterocycles. The number of hydrogen-bond donors (Lipinski definition) is 1. The average molecular weight is 238 g/mol. The number of aryl methyl sites for hydroxylation is 1. The van der Waals surface area contributed by atoms with Crippen LogP contribution in [-0.2, 0) is 11.8 Å². The van der Waals surface area contributed by atoms with E-state index in [1.165, 1.54) is 12.1 Å². The molecule has 1 aromatic rings. The summed E-state index contributed by atoms with van der Waals surface area (Å²) >= 11 is 0. The third kappa shape index (κ3) is 2.68. The number of nitrogens with zero attached hydrogens (tertiary/aromatic N) is 3. The molecule has 0 aromatic carbocycles. The van der Waals surface area contributed by atoms with Gasteiger partial charge in [-0.25, -0.2) is 4.98 Å². The SMILES string of the molecule is COC1CCCN(C(CN)c2cncn2C)C1. The molecular weight excluding hydrogens is 216 g/mol. The van der Waals surface area contributed by atoms with E-state index in [-0.39, 0.29) is 6.04 Å². The highest BCUT2D eigenvalue weighted by atomic mass is 16.5. The number of ether oxygens (including phenoxy) is 1. The Bertz CT molecular complexity index is 352. The van der Waals surface area contributed by atoms with E-state index in [1.54, 1.807) is 7.11 Å². The van der Waals surface area contributed by atoms with Gasteiger partial charge < -0.3 is 15.0 Å². The van der Waals surface area contributed by atoms with Gasteiger partial charge in [-0.15, -0.1) is 0 Å². The molecule has 96 valence electrons. The minimum Gasteiger partial charge on any atom is -0.380 e. The van der Waals surface area contributed by atoms with Crippen LogP contribution in [0.5, 0.6) is 0 Å². The van der Waals surface area contributed by atoms with E-state index < -0.39 is 0 Å². The first-order valence-electron chi connectivity index (χ1n) is 6.19. The maximum absolute atomic E-state index is 5.93. The van der Waals surface area contributed by atoms with Crippen molar-refractivity contribution in [2.45, 2.75) is 25.0 Å². The first-order chi connectivity index (χ1) is 8.26. The van der Waals surface area contributed by atoms with Crippen LogP contribution in [0.2, 0.25) is 0 Å². The summed E-state index contributed by atoms with van der Waals surface area (Å²) < 4.78 is 7.51. The summed E-state index contributed by atoms with van der Waals surface area (Å²) in [4.78, 5) is 6.59. The second-order valence-electron chi connectivity index (χ2n) is 4.68. The number of piperidine rings is 1. The molecule has 1 fully saturated rings. The first kappa shape index (κ1) is 12.5. The number of hydrogen-bond acceptors (Lipinski definition) is 4. The molecule has 2 heterocycles. The molecule has 2 atom stereocenters. The minimum absolute atomic E-state index is 0.250. The van der Waals surface area contributed by atoms with Crippen LogP contribution in [0.4, 0.5) is 0 Å². The highest BCUT2D eigenvalue weighted by Crippen LogP contribution is 2.24. The zero-order valence-electron chi connectivity index (χ0n) is 10.7. The summed E-state index contributed by atoms with van der Waals surface area (Å²) in [7, 11) is 3.80. The van der Waals surface area contributed by atoms with Gasteiger partial charge in [0.25, 0.3) is 0 Å². The van der Waals surface area contributed by atoms with Gasteiger partial charge in [-0.3, -0.25) is 4.90 Å². The third-order valence-corrected chi connectivity index (χ3v) is 3.60. The van der Waals surface area contributed by atoms with Gasteiger partial charge >= 0.3 is 0 Å². The summed E-state index contributed by atoms with van der Waals surface area (Å²) in [6, 6.07) is 0.250. The van der Waals surface area contributed by atoms with E-state index >= 15 is 0 Å². The Morgan fingerprint density at radius 2 is 2.47 bits per heavy atom. The number of likely N-dealkylation sites (tertiary alicyclic amines) is 1. The molecule has 17 heavy (non-hydrogen) atoms. The van der Waals surface area contributed by atoms with E-state index in [0.29, 0.717) is 12.6 Å². The summed E-state index contributed by atoms with van der Waals surface area (Å²) in [5.74, 6) is 0. The molecule has 1 aromatic heterocycles. The number of nitrogens with two attached hydrogens (primary N) is 1. The summed E-state index contributed by atoms with van der Waals surface area (Å²) in [6.07, 6.45) is 6.40. The molecule has 0 aliphatic carbocycles. The van der Waals surface area contributed by atoms with E-state index in [2.05, 4.69) is 9.88 Å². The van der Waals surface area contributed by atoms with Crippen molar-refractivity contribution in [2.75, 3.05) is 26.7 Å². The molecule has 0 saturated carbocycles. The normalized spacial score (nSPS) is 23.8. The van der Waals surface area contributed by atoms with Crippen molar-refractivity contribution in [3.63, 3.8) is 0 Å². The van der Waals surface area contributed by atoms with Crippen molar-refractivity contribution < 1.29 is 4.74 Å². The van der Waals surface area contributed by atoms with E-state index in [0.717, 1.165) is 19.5 Å². The first-order valence-corrected chi connectivity index (χ1v) is 6.19. The van der Waals surface area contributed by atoms with E-state index in [1.807, 2.05) is 24.1 Å². The van der Waals surface area contributed by atoms with Crippen LogP contribution in [0.1, 0.15) is 24.6 Å². The minimum atomic E-state index is 0.250. The Morgan fingerprint density at radius 3 is 3.06 bits per heavy atom. The van der Waals surface area contributed by atoms with Crippen molar-refractivity contribution in [1.82, 2.24) is 14.5 Å².